The smallest absolute Gasteiger partial charge is 0.139 e. The molecule has 0 amide bonds. The molecule has 2 aromatic heterocycles. The predicted molar refractivity (Wildman–Crippen MR) is 77.7 cm³/mol. The highest BCUT2D eigenvalue weighted by atomic mass is 79.9. The summed E-state index contributed by atoms with van der Waals surface area (Å²) in [6, 6.07) is 7.91. The first-order chi connectivity index (χ1) is 9.06. The topological polar surface area (TPSA) is 43.3 Å². The summed E-state index contributed by atoms with van der Waals surface area (Å²) < 4.78 is 15.4. The second-order valence-corrected chi connectivity index (χ2v) is 5.34. The highest BCUT2D eigenvalue weighted by molar-refractivity contribution is 9.10. The third kappa shape index (κ3) is 2.09. The molecule has 2 N–H and O–H groups in total. The summed E-state index contributed by atoms with van der Waals surface area (Å²) in [4.78, 5) is 4.44. The molecule has 0 saturated carbocycles. The van der Waals surface area contributed by atoms with E-state index in [1.807, 2.05) is 0 Å². The molecule has 1 aromatic carbocycles. The molecule has 3 aromatic rings. The molecule has 6 heteroatoms. The van der Waals surface area contributed by atoms with E-state index in [2.05, 4.69) is 20.9 Å². The summed E-state index contributed by atoms with van der Waals surface area (Å²) in [6.07, 6.45) is 1.69. The monoisotopic (exact) mass is 339 g/mol. The van der Waals surface area contributed by atoms with Crippen LogP contribution in [0.15, 0.2) is 41.0 Å². The first kappa shape index (κ1) is 12.4. The molecule has 0 fully saturated rings. The summed E-state index contributed by atoms with van der Waals surface area (Å²) in [5.41, 5.74) is 8.09. The van der Waals surface area contributed by atoms with Gasteiger partial charge in [-0.25, -0.2) is 9.37 Å². The molecular formula is C13H8BrClFN3. The number of anilines is 1. The third-order valence-corrected chi connectivity index (χ3v) is 3.69. The summed E-state index contributed by atoms with van der Waals surface area (Å²) in [6.45, 7) is 0. The van der Waals surface area contributed by atoms with Crippen LogP contribution in [0.1, 0.15) is 0 Å². The average molecular weight is 341 g/mol. The number of nitrogens with two attached hydrogens (primary N) is 1. The van der Waals surface area contributed by atoms with Crippen LogP contribution in [-0.4, -0.2) is 9.38 Å². The fraction of sp³-hybridized carbons (Fsp3) is 0. The van der Waals surface area contributed by atoms with Gasteiger partial charge in [0.05, 0.1) is 5.02 Å². The standard InChI is InChI=1S/C13H8BrClFN3/c14-10-5-8(16)2-3-9(10)12-13(17)19-6-7(15)1-4-11(19)18-12/h1-6H,17H2. The van der Waals surface area contributed by atoms with Gasteiger partial charge in [-0.1, -0.05) is 11.6 Å². The van der Waals surface area contributed by atoms with Gasteiger partial charge < -0.3 is 5.73 Å². The predicted octanol–water partition coefficient (Wildman–Crippen LogP) is 4.14. The quantitative estimate of drug-likeness (QED) is 0.723. The highest BCUT2D eigenvalue weighted by Crippen LogP contribution is 2.33. The summed E-state index contributed by atoms with van der Waals surface area (Å²) in [5.74, 6) is 0.144. The van der Waals surface area contributed by atoms with Crippen molar-refractivity contribution in [3.63, 3.8) is 0 Å². The Bertz CT molecular complexity index is 785. The van der Waals surface area contributed by atoms with Crippen molar-refractivity contribution in [2.75, 3.05) is 5.73 Å². The Morgan fingerprint density at radius 3 is 2.79 bits per heavy atom. The third-order valence-electron chi connectivity index (χ3n) is 2.81. The number of pyridine rings is 1. The van der Waals surface area contributed by atoms with Gasteiger partial charge in [0.25, 0.3) is 0 Å². The largest absolute Gasteiger partial charge is 0.383 e. The zero-order chi connectivity index (χ0) is 13.6. The van der Waals surface area contributed by atoms with Gasteiger partial charge in [0.2, 0.25) is 0 Å². The normalized spacial score (nSPS) is 11.1. The number of aromatic nitrogens is 2. The van der Waals surface area contributed by atoms with Crippen LogP contribution in [0.4, 0.5) is 10.2 Å². The van der Waals surface area contributed by atoms with Crippen LogP contribution in [0.25, 0.3) is 16.9 Å². The van der Waals surface area contributed by atoms with Gasteiger partial charge >= 0.3 is 0 Å². The van der Waals surface area contributed by atoms with E-state index < -0.39 is 0 Å². The molecule has 0 aliphatic rings. The van der Waals surface area contributed by atoms with Crippen molar-refractivity contribution in [1.82, 2.24) is 9.38 Å². The van der Waals surface area contributed by atoms with Crippen LogP contribution in [0, 0.1) is 5.82 Å². The number of benzene rings is 1. The number of halogens is 3. The van der Waals surface area contributed by atoms with Crippen molar-refractivity contribution in [3.8, 4) is 11.3 Å². The lowest BCUT2D eigenvalue weighted by Crippen LogP contribution is -1.94. The minimum Gasteiger partial charge on any atom is -0.383 e. The maximum atomic E-state index is 13.1. The Balaban J connectivity index is 2.28. The molecule has 3 rings (SSSR count). The number of nitrogens with zero attached hydrogens (tertiary/aromatic N) is 2. The number of nitrogen functional groups attached to an aromatic ring is 1. The lowest BCUT2D eigenvalue weighted by molar-refractivity contribution is 0.627. The van der Waals surface area contributed by atoms with Crippen LogP contribution < -0.4 is 5.73 Å². The van der Waals surface area contributed by atoms with Gasteiger partial charge in [-0.2, -0.15) is 0 Å². The minimum atomic E-state index is -0.319. The summed E-state index contributed by atoms with van der Waals surface area (Å²) in [5, 5.41) is 0.571. The van der Waals surface area contributed by atoms with Crippen molar-refractivity contribution in [2.24, 2.45) is 0 Å². The fourth-order valence-electron chi connectivity index (χ4n) is 1.92. The molecule has 96 valence electrons. The maximum Gasteiger partial charge on any atom is 0.139 e. The molecule has 0 spiro atoms. The van der Waals surface area contributed by atoms with Gasteiger partial charge in [-0.15, -0.1) is 0 Å². The molecule has 2 heterocycles. The first-order valence-corrected chi connectivity index (χ1v) is 6.62. The Kier molecular flexibility index (Phi) is 2.95. The van der Waals surface area contributed by atoms with Gasteiger partial charge in [-0.3, -0.25) is 4.40 Å². The molecule has 0 aliphatic carbocycles. The van der Waals surface area contributed by atoms with E-state index in [9.17, 15) is 4.39 Å². The molecule has 0 bridgehead atoms. The van der Waals surface area contributed by atoms with Gasteiger partial charge in [-0.05, 0) is 46.3 Å². The molecule has 19 heavy (non-hydrogen) atoms. The molecule has 3 nitrogen and oxygen atoms in total. The number of rotatable bonds is 1. The van der Waals surface area contributed by atoms with E-state index >= 15 is 0 Å². The molecular weight excluding hydrogens is 333 g/mol. The second kappa shape index (κ2) is 4.51. The van der Waals surface area contributed by atoms with Gasteiger partial charge in [0, 0.05) is 16.2 Å². The number of hydrogen-bond donors (Lipinski definition) is 1. The fourth-order valence-corrected chi connectivity index (χ4v) is 2.62. The molecule has 0 radical (unpaired) electrons. The lowest BCUT2D eigenvalue weighted by atomic mass is 10.1. The molecule has 0 aliphatic heterocycles. The van der Waals surface area contributed by atoms with Crippen LogP contribution in [-0.2, 0) is 0 Å². The van der Waals surface area contributed by atoms with E-state index in [4.69, 9.17) is 17.3 Å². The van der Waals surface area contributed by atoms with E-state index in [1.165, 1.54) is 12.1 Å². The van der Waals surface area contributed by atoms with Crippen LogP contribution >= 0.6 is 27.5 Å². The number of fused-ring (bicyclic) bond motifs is 1. The Morgan fingerprint density at radius 2 is 2.05 bits per heavy atom. The lowest BCUT2D eigenvalue weighted by Gasteiger charge is -2.02. The molecule has 0 unspecified atom stereocenters. The van der Waals surface area contributed by atoms with Crippen molar-refractivity contribution in [2.45, 2.75) is 0 Å². The van der Waals surface area contributed by atoms with Crippen molar-refractivity contribution < 1.29 is 4.39 Å². The molecule has 0 atom stereocenters. The van der Waals surface area contributed by atoms with Crippen molar-refractivity contribution in [1.29, 1.82) is 0 Å². The van der Waals surface area contributed by atoms with E-state index in [1.54, 1.807) is 28.8 Å². The zero-order valence-electron chi connectivity index (χ0n) is 9.57. The van der Waals surface area contributed by atoms with E-state index in [-0.39, 0.29) is 5.82 Å². The van der Waals surface area contributed by atoms with Crippen LogP contribution in [0.5, 0.6) is 0 Å². The van der Waals surface area contributed by atoms with Crippen LogP contribution in [0.3, 0.4) is 0 Å². The first-order valence-electron chi connectivity index (χ1n) is 5.45. The Hall–Kier alpha value is -1.59. The van der Waals surface area contributed by atoms with Gasteiger partial charge in [0.1, 0.15) is 23.0 Å². The average Bonchev–Trinajstić information content (AvgIpc) is 2.67. The maximum absolute atomic E-state index is 13.1. The second-order valence-electron chi connectivity index (χ2n) is 4.05. The van der Waals surface area contributed by atoms with E-state index in [0.29, 0.717) is 26.7 Å². The Morgan fingerprint density at radius 1 is 1.26 bits per heavy atom. The molecule has 0 saturated heterocycles. The summed E-state index contributed by atoms with van der Waals surface area (Å²) in [7, 11) is 0. The summed E-state index contributed by atoms with van der Waals surface area (Å²) >= 11 is 9.25. The van der Waals surface area contributed by atoms with Crippen molar-refractivity contribution >= 4 is 39.0 Å². The Labute approximate surface area is 122 Å². The zero-order valence-corrected chi connectivity index (χ0v) is 11.9. The van der Waals surface area contributed by atoms with Crippen molar-refractivity contribution in [3.05, 3.63) is 51.8 Å². The number of imidazole rings is 1. The van der Waals surface area contributed by atoms with E-state index in [0.717, 1.165) is 5.56 Å². The highest BCUT2D eigenvalue weighted by Gasteiger charge is 2.14. The minimum absolute atomic E-state index is 0.319. The SMILES string of the molecule is Nc1c(-c2ccc(F)cc2Br)nc2ccc(Cl)cn12. The van der Waals surface area contributed by atoms with Crippen LogP contribution in [0.2, 0.25) is 5.02 Å². The number of hydrogen-bond acceptors (Lipinski definition) is 2. The van der Waals surface area contributed by atoms with Gasteiger partial charge in [0.15, 0.2) is 0 Å².